The third-order valence-electron chi connectivity index (χ3n) is 14.2. The standard InChI is InChI=1S/C51H74N6O10/c1-12-42-51(9,64)46(61)35(7)54(10)25-31(3)24-50(8,63)47(33(5)44(59)34(6)48(62)66-42)67-49-45(60)41(23-32(4)65-49)55(11)27-36-14-18-38(19-15-36)40-29-56(53-52-40)28-37-16-20-39(21-17-37)57-26-30(2)13-22-43(57)58/h13-22,26,29,31-35,41-42,44-47,49,59-61,63-64H,12,23-25,27-28H2,1-11H3/t31-,32-,33+,34-,35-,41+,42-,44+,45-,46-,47-,49+,50-,51-/m1/s1. The zero-order valence-electron chi connectivity index (χ0n) is 41.1. The van der Waals surface area contributed by atoms with E-state index in [1.54, 1.807) is 49.1 Å². The SMILES string of the molecule is CC[C@H]1OC(=O)[C@H](C)[C@@H](O)[C@H](C)[C@@H](O[C@@H]2O[C@H](C)C[C@H](N(C)Cc3ccc(-c4cn(Cc5ccc(-n6cc(C)ccc6=O)cc5)nn4)cc3)[C@H]2O)[C@](C)(O)C[C@@H](C)CN(C)[C@H](C)[C@@H](O)[C@]1(C)O. The molecule has 0 amide bonds. The third-order valence-corrected chi connectivity index (χ3v) is 14.2. The molecule has 2 aliphatic heterocycles. The van der Waals surface area contributed by atoms with Crippen LogP contribution in [0.15, 0.2) is 77.9 Å². The predicted octanol–water partition coefficient (Wildman–Crippen LogP) is 4.31. The van der Waals surface area contributed by atoms with E-state index in [9.17, 15) is 35.1 Å². The first-order chi connectivity index (χ1) is 31.5. The van der Waals surface area contributed by atoms with Gasteiger partial charge in [0.2, 0.25) is 0 Å². The minimum atomic E-state index is -1.79. The number of rotatable bonds is 10. The summed E-state index contributed by atoms with van der Waals surface area (Å²) in [7, 11) is 3.77. The molecule has 14 atom stereocenters. The summed E-state index contributed by atoms with van der Waals surface area (Å²) in [5, 5.41) is 67.8. The number of aromatic nitrogens is 4. The van der Waals surface area contributed by atoms with Crippen molar-refractivity contribution in [1.82, 2.24) is 29.4 Å². The molecule has 0 saturated carbocycles. The second kappa shape index (κ2) is 21.5. The Balaban J connectivity index is 1.14. The van der Waals surface area contributed by atoms with E-state index < -0.39 is 77.9 Å². The smallest absolute Gasteiger partial charge is 0.311 e. The second-order valence-electron chi connectivity index (χ2n) is 20.1. The molecule has 2 saturated heterocycles. The van der Waals surface area contributed by atoms with E-state index in [1.165, 1.54) is 13.8 Å². The Morgan fingerprint density at radius 1 is 0.896 bits per heavy atom. The van der Waals surface area contributed by atoms with Gasteiger partial charge in [-0.05, 0) is 110 Å². The van der Waals surface area contributed by atoms with Crippen LogP contribution in [0.1, 0.15) is 91.3 Å². The van der Waals surface area contributed by atoms with E-state index in [0.717, 1.165) is 33.6 Å². The first-order valence-electron chi connectivity index (χ1n) is 23.7. The van der Waals surface area contributed by atoms with Gasteiger partial charge >= 0.3 is 5.97 Å². The largest absolute Gasteiger partial charge is 0.459 e. The Morgan fingerprint density at radius 2 is 1.55 bits per heavy atom. The van der Waals surface area contributed by atoms with Crippen molar-refractivity contribution in [2.24, 2.45) is 17.8 Å². The maximum Gasteiger partial charge on any atom is 0.311 e. The molecule has 16 nitrogen and oxygen atoms in total. The number of hydrogen-bond donors (Lipinski definition) is 5. The quantitative estimate of drug-likeness (QED) is 0.141. The number of carbonyl (C=O) groups is 1. The number of aliphatic hydroxyl groups is 5. The van der Waals surface area contributed by atoms with Gasteiger partial charge in [-0.2, -0.15) is 0 Å². The number of nitrogens with zero attached hydrogens (tertiary/aromatic N) is 6. The van der Waals surface area contributed by atoms with E-state index in [1.807, 2.05) is 101 Å². The number of carbonyl (C=O) groups excluding carboxylic acids is 1. The van der Waals surface area contributed by atoms with E-state index in [-0.39, 0.29) is 30.4 Å². The predicted molar refractivity (Wildman–Crippen MR) is 254 cm³/mol. The van der Waals surface area contributed by atoms with Gasteiger partial charge in [0.05, 0.1) is 42.6 Å². The van der Waals surface area contributed by atoms with Crippen LogP contribution in [0.3, 0.4) is 0 Å². The molecule has 0 bridgehead atoms. The molecule has 0 aliphatic carbocycles. The van der Waals surface area contributed by atoms with E-state index >= 15 is 0 Å². The number of hydrogen-bond acceptors (Lipinski definition) is 14. The van der Waals surface area contributed by atoms with Gasteiger partial charge in [0.25, 0.3) is 5.56 Å². The fraction of sp³-hybridized carbons (Fsp3) is 0.608. The van der Waals surface area contributed by atoms with Crippen molar-refractivity contribution in [3.8, 4) is 16.9 Å². The van der Waals surface area contributed by atoms with Crippen LogP contribution >= 0.6 is 0 Å². The number of aliphatic hydroxyl groups excluding tert-OH is 3. The molecule has 0 unspecified atom stereocenters. The van der Waals surface area contributed by atoms with Crippen LogP contribution in [0, 0.1) is 24.7 Å². The van der Waals surface area contributed by atoms with Crippen LogP contribution in [0.25, 0.3) is 16.9 Å². The first-order valence-corrected chi connectivity index (χ1v) is 23.7. The summed E-state index contributed by atoms with van der Waals surface area (Å²) in [6.45, 7) is 17.1. The molecular weight excluding hydrogens is 857 g/mol. The molecule has 0 radical (unpaired) electrons. The highest BCUT2D eigenvalue weighted by atomic mass is 16.7. The maximum atomic E-state index is 13.6. The summed E-state index contributed by atoms with van der Waals surface area (Å²) >= 11 is 0. The van der Waals surface area contributed by atoms with Crippen molar-refractivity contribution in [2.75, 3.05) is 20.6 Å². The zero-order valence-corrected chi connectivity index (χ0v) is 41.1. The highest BCUT2D eigenvalue weighted by Gasteiger charge is 2.50. The van der Waals surface area contributed by atoms with Crippen LogP contribution in [0.2, 0.25) is 0 Å². The highest BCUT2D eigenvalue weighted by Crippen LogP contribution is 2.37. The Hall–Kier alpha value is -4.36. The molecule has 4 heterocycles. The minimum absolute atomic E-state index is 0.0869. The van der Waals surface area contributed by atoms with Crippen molar-refractivity contribution in [1.29, 1.82) is 0 Å². The lowest BCUT2D eigenvalue weighted by atomic mass is 9.78. The first kappa shape index (κ1) is 52.0. The van der Waals surface area contributed by atoms with Gasteiger partial charge in [-0.15, -0.1) is 5.10 Å². The summed E-state index contributed by atoms with van der Waals surface area (Å²) in [5.74, 6) is -2.87. The van der Waals surface area contributed by atoms with E-state index in [0.29, 0.717) is 26.1 Å². The van der Waals surface area contributed by atoms with Gasteiger partial charge in [-0.25, -0.2) is 4.68 Å². The highest BCUT2D eigenvalue weighted by molar-refractivity contribution is 5.73. The molecule has 6 rings (SSSR count). The number of pyridine rings is 1. The van der Waals surface area contributed by atoms with Crippen molar-refractivity contribution in [3.05, 3.63) is 100 Å². The van der Waals surface area contributed by atoms with Gasteiger partial charge in [-0.1, -0.05) is 68.4 Å². The van der Waals surface area contributed by atoms with Crippen molar-refractivity contribution in [2.45, 2.75) is 161 Å². The molecule has 2 fully saturated rings. The molecule has 2 aliphatic rings. The molecule has 5 N–H and O–H groups in total. The van der Waals surface area contributed by atoms with Crippen LogP contribution in [-0.2, 0) is 32.1 Å². The number of likely N-dealkylation sites (N-methyl/N-ethyl adjacent to an activating group) is 2. The molecule has 0 spiro atoms. The monoisotopic (exact) mass is 931 g/mol. The average molecular weight is 931 g/mol. The normalized spacial score (nSPS) is 34.1. The number of cyclic esters (lactones) is 1. The summed E-state index contributed by atoms with van der Waals surface area (Å²) in [5.41, 5.74) is 1.96. The maximum absolute atomic E-state index is 13.6. The lowest BCUT2D eigenvalue weighted by Crippen LogP contribution is -2.59. The summed E-state index contributed by atoms with van der Waals surface area (Å²) in [6, 6.07) is 18.2. The Morgan fingerprint density at radius 3 is 2.21 bits per heavy atom. The average Bonchev–Trinajstić information content (AvgIpc) is 3.75. The second-order valence-corrected chi connectivity index (χ2v) is 20.1. The molecular formula is C51H74N6O10. The summed E-state index contributed by atoms with van der Waals surface area (Å²) in [6.07, 6.45) is -2.81. The van der Waals surface area contributed by atoms with E-state index in [2.05, 4.69) is 15.2 Å². The molecule has 368 valence electrons. The van der Waals surface area contributed by atoms with Crippen LogP contribution in [0.5, 0.6) is 0 Å². The Labute approximate surface area is 395 Å². The van der Waals surface area contributed by atoms with Crippen molar-refractivity contribution >= 4 is 5.97 Å². The third kappa shape index (κ3) is 12.1. The molecule has 4 aromatic rings. The van der Waals surface area contributed by atoms with Gasteiger partial charge in [0.1, 0.15) is 29.6 Å². The number of esters is 1. The lowest BCUT2D eigenvalue weighted by molar-refractivity contribution is -0.300. The molecule has 67 heavy (non-hydrogen) atoms. The number of aryl methyl sites for hydroxylation is 1. The molecule has 16 heteroatoms. The Bertz CT molecular complexity index is 2300. The minimum Gasteiger partial charge on any atom is -0.459 e. The molecule has 2 aromatic heterocycles. The molecule has 2 aromatic carbocycles. The Kier molecular flexibility index (Phi) is 16.7. The van der Waals surface area contributed by atoms with Gasteiger partial charge in [0, 0.05) is 54.6 Å². The van der Waals surface area contributed by atoms with Gasteiger partial charge < -0.3 is 44.6 Å². The van der Waals surface area contributed by atoms with Gasteiger partial charge in [-0.3, -0.25) is 19.1 Å². The number of benzene rings is 2. The summed E-state index contributed by atoms with van der Waals surface area (Å²) < 4.78 is 22.1. The lowest BCUT2D eigenvalue weighted by Gasteiger charge is -2.47. The van der Waals surface area contributed by atoms with Crippen molar-refractivity contribution < 1.29 is 44.5 Å². The number of ether oxygens (including phenoxy) is 3. The fourth-order valence-electron chi connectivity index (χ4n) is 10.1. The topological polar surface area (TPSA) is 205 Å². The summed E-state index contributed by atoms with van der Waals surface area (Å²) in [4.78, 5) is 30.0. The van der Waals surface area contributed by atoms with Gasteiger partial charge in [0.15, 0.2) is 6.29 Å². The van der Waals surface area contributed by atoms with Crippen LogP contribution < -0.4 is 5.56 Å². The van der Waals surface area contributed by atoms with E-state index in [4.69, 9.17) is 14.2 Å². The van der Waals surface area contributed by atoms with Crippen molar-refractivity contribution in [3.63, 3.8) is 0 Å². The zero-order chi connectivity index (χ0) is 49.1. The van der Waals surface area contributed by atoms with Crippen LogP contribution in [-0.4, -0.2) is 148 Å². The van der Waals surface area contributed by atoms with Crippen LogP contribution in [0.4, 0.5) is 0 Å². The fourth-order valence-corrected chi connectivity index (χ4v) is 10.1.